The van der Waals surface area contributed by atoms with Crippen molar-refractivity contribution in [3.05, 3.63) is 29.8 Å². The average Bonchev–Trinajstić information content (AvgIpc) is 2.79. The number of methoxy groups -OCH3 is 1. The lowest BCUT2D eigenvalue weighted by molar-refractivity contribution is 0.0524. The maximum absolute atomic E-state index is 9.82. The van der Waals surface area contributed by atoms with E-state index < -0.39 is 0 Å². The summed E-state index contributed by atoms with van der Waals surface area (Å²) in [6, 6.07) is 9.27. The van der Waals surface area contributed by atoms with Crippen LogP contribution >= 0.6 is 0 Å². The predicted octanol–water partition coefficient (Wildman–Crippen LogP) is 1.33. The molecule has 0 amide bonds. The van der Waals surface area contributed by atoms with Crippen LogP contribution in [0.4, 0.5) is 0 Å². The van der Waals surface area contributed by atoms with Crippen molar-refractivity contribution >= 4 is 0 Å². The zero-order valence-electron chi connectivity index (χ0n) is 12.3. The molecule has 1 unspecified atom stereocenters. The molecular formula is C16H24N2O2. The number of ether oxygens (including phenoxy) is 1. The molecule has 110 valence electrons. The first-order valence-electron chi connectivity index (χ1n) is 7.45. The van der Waals surface area contributed by atoms with Crippen molar-refractivity contribution in [1.29, 1.82) is 0 Å². The molecule has 1 aromatic carbocycles. The van der Waals surface area contributed by atoms with Crippen LogP contribution in [-0.2, 0) is 6.54 Å². The molecule has 0 spiro atoms. The third kappa shape index (κ3) is 2.68. The maximum atomic E-state index is 9.82. The van der Waals surface area contributed by atoms with Gasteiger partial charge in [-0.2, -0.15) is 0 Å². The van der Waals surface area contributed by atoms with Gasteiger partial charge >= 0.3 is 0 Å². The van der Waals surface area contributed by atoms with Gasteiger partial charge in [-0.3, -0.25) is 9.80 Å². The van der Waals surface area contributed by atoms with Crippen molar-refractivity contribution < 1.29 is 9.84 Å². The number of hydrogen-bond donors (Lipinski definition) is 1. The Labute approximate surface area is 120 Å². The Morgan fingerprint density at radius 1 is 1.25 bits per heavy atom. The first kappa shape index (κ1) is 13.9. The summed E-state index contributed by atoms with van der Waals surface area (Å²) in [5, 5.41) is 9.82. The first-order valence-corrected chi connectivity index (χ1v) is 7.45. The van der Waals surface area contributed by atoms with Crippen molar-refractivity contribution in [3.63, 3.8) is 0 Å². The van der Waals surface area contributed by atoms with Gasteiger partial charge in [-0.05, 0) is 19.4 Å². The summed E-state index contributed by atoms with van der Waals surface area (Å²) in [6.07, 6.45) is 0.771. The molecule has 1 aromatic rings. The Morgan fingerprint density at radius 2 is 2.05 bits per heavy atom. The summed E-state index contributed by atoms with van der Waals surface area (Å²) in [7, 11) is 1.73. The lowest BCUT2D eigenvalue weighted by atomic mass is 10.1. The Kier molecular flexibility index (Phi) is 3.96. The highest BCUT2D eigenvalue weighted by Gasteiger charge is 2.38. The zero-order valence-corrected chi connectivity index (χ0v) is 12.3. The molecule has 0 saturated carbocycles. The molecule has 0 aliphatic carbocycles. The number of rotatable bonds is 3. The van der Waals surface area contributed by atoms with E-state index in [1.165, 1.54) is 5.56 Å². The molecule has 0 aromatic heterocycles. The average molecular weight is 276 g/mol. The molecule has 2 heterocycles. The fraction of sp³-hybridized carbons (Fsp3) is 0.625. The molecule has 1 N–H and O–H groups in total. The van der Waals surface area contributed by atoms with Gasteiger partial charge in [-0.15, -0.1) is 0 Å². The van der Waals surface area contributed by atoms with Crippen LogP contribution in [0.3, 0.4) is 0 Å². The molecule has 2 fully saturated rings. The second-order valence-electron chi connectivity index (χ2n) is 6.09. The van der Waals surface area contributed by atoms with Gasteiger partial charge in [-0.1, -0.05) is 18.2 Å². The van der Waals surface area contributed by atoms with Crippen LogP contribution in [0.15, 0.2) is 24.3 Å². The molecule has 0 bridgehead atoms. The van der Waals surface area contributed by atoms with Crippen LogP contribution in [0.1, 0.15) is 18.9 Å². The normalized spacial score (nSPS) is 31.2. The maximum Gasteiger partial charge on any atom is 0.123 e. The van der Waals surface area contributed by atoms with Crippen LogP contribution in [-0.4, -0.2) is 59.8 Å². The van der Waals surface area contributed by atoms with E-state index in [4.69, 9.17) is 4.74 Å². The van der Waals surface area contributed by atoms with Crippen molar-refractivity contribution in [2.24, 2.45) is 0 Å². The van der Waals surface area contributed by atoms with Crippen molar-refractivity contribution in [2.75, 3.05) is 26.7 Å². The van der Waals surface area contributed by atoms with Crippen molar-refractivity contribution in [1.82, 2.24) is 9.80 Å². The zero-order chi connectivity index (χ0) is 14.1. The fourth-order valence-corrected chi connectivity index (χ4v) is 3.55. The quantitative estimate of drug-likeness (QED) is 0.903. The van der Waals surface area contributed by atoms with Gasteiger partial charge in [0.25, 0.3) is 0 Å². The number of benzene rings is 1. The monoisotopic (exact) mass is 276 g/mol. The van der Waals surface area contributed by atoms with Crippen molar-refractivity contribution in [2.45, 2.75) is 38.1 Å². The number of hydrogen-bond acceptors (Lipinski definition) is 4. The SMILES string of the molecule is COc1ccccc1CN1CC2C[C@@H](O)CN2C[C@@H]1C. The predicted molar refractivity (Wildman–Crippen MR) is 78.9 cm³/mol. The van der Waals surface area contributed by atoms with Gasteiger partial charge in [0.05, 0.1) is 13.2 Å². The lowest BCUT2D eigenvalue weighted by Gasteiger charge is -2.42. The Morgan fingerprint density at radius 3 is 2.85 bits per heavy atom. The standard InChI is InChI=1S/C16H24N2O2/c1-12-8-18-11-15(19)7-14(18)10-17(12)9-13-5-3-4-6-16(13)20-2/h3-6,12,14-15,19H,7-11H2,1-2H3/t12-,14?,15+/m0/s1. The minimum Gasteiger partial charge on any atom is -0.496 e. The van der Waals surface area contributed by atoms with E-state index in [0.29, 0.717) is 12.1 Å². The van der Waals surface area contributed by atoms with Crippen LogP contribution in [0, 0.1) is 0 Å². The van der Waals surface area contributed by atoms with Crippen molar-refractivity contribution in [3.8, 4) is 5.75 Å². The Balaban J connectivity index is 1.71. The number of fused-ring (bicyclic) bond motifs is 1. The molecule has 3 rings (SSSR count). The summed E-state index contributed by atoms with van der Waals surface area (Å²) >= 11 is 0. The van der Waals surface area contributed by atoms with E-state index in [1.807, 2.05) is 12.1 Å². The largest absolute Gasteiger partial charge is 0.496 e. The fourth-order valence-electron chi connectivity index (χ4n) is 3.55. The van der Waals surface area contributed by atoms with Crippen LogP contribution in [0.5, 0.6) is 5.75 Å². The Hall–Kier alpha value is -1.10. The summed E-state index contributed by atoms with van der Waals surface area (Å²) < 4.78 is 5.45. The smallest absolute Gasteiger partial charge is 0.123 e. The number of piperazine rings is 1. The van der Waals surface area contributed by atoms with E-state index in [-0.39, 0.29) is 6.10 Å². The summed E-state index contributed by atoms with van der Waals surface area (Å²) in [5.41, 5.74) is 1.24. The number of para-hydroxylation sites is 1. The highest BCUT2D eigenvalue weighted by molar-refractivity contribution is 5.33. The summed E-state index contributed by atoms with van der Waals surface area (Å²) in [6.45, 7) is 6.13. The number of aliphatic hydroxyl groups is 1. The molecule has 2 aliphatic heterocycles. The van der Waals surface area contributed by atoms with Gasteiger partial charge in [-0.25, -0.2) is 0 Å². The minimum atomic E-state index is -0.140. The van der Waals surface area contributed by atoms with Crippen LogP contribution in [0.25, 0.3) is 0 Å². The third-order valence-corrected chi connectivity index (χ3v) is 4.64. The van der Waals surface area contributed by atoms with E-state index in [0.717, 1.165) is 38.3 Å². The molecule has 4 nitrogen and oxygen atoms in total. The van der Waals surface area contributed by atoms with E-state index in [9.17, 15) is 5.11 Å². The van der Waals surface area contributed by atoms with Crippen LogP contribution in [0.2, 0.25) is 0 Å². The lowest BCUT2D eigenvalue weighted by Crippen LogP contribution is -2.54. The molecule has 2 saturated heterocycles. The number of aliphatic hydroxyl groups excluding tert-OH is 1. The second-order valence-corrected chi connectivity index (χ2v) is 6.09. The molecule has 20 heavy (non-hydrogen) atoms. The van der Waals surface area contributed by atoms with Gasteiger partial charge in [0, 0.05) is 43.8 Å². The Bertz CT molecular complexity index is 466. The third-order valence-electron chi connectivity index (χ3n) is 4.64. The van der Waals surface area contributed by atoms with Gasteiger partial charge in [0.1, 0.15) is 5.75 Å². The summed E-state index contributed by atoms with van der Waals surface area (Å²) in [4.78, 5) is 4.95. The van der Waals surface area contributed by atoms with Crippen LogP contribution < -0.4 is 4.74 Å². The van der Waals surface area contributed by atoms with Gasteiger partial charge in [0.15, 0.2) is 0 Å². The molecule has 4 heteroatoms. The molecular weight excluding hydrogens is 252 g/mol. The first-order chi connectivity index (χ1) is 9.67. The van der Waals surface area contributed by atoms with E-state index in [2.05, 4.69) is 28.9 Å². The molecule has 0 radical (unpaired) electrons. The van der Waals surface area contributed by atoms with Gasteiger partial charge in [0.2, 0.25) is 0 Å². The minimum absolute atomic E-state index is 0.140. The highest BCUT2D eigenvalue weighted by atomic mass is 16.5. The second kappa shape index (κ2) is 5.72. The van der Waals surface area contributed by atoms with E-state index in [1.54, 1.807) is 7.11 Å². The summed E-state index contributed by atoms with van der Waals surface area (Å²) in [5.74, 6) is 0.966. The topological polar surface area (TPSA) is 35.9 Å². The van der Waals surface area contributed by atoms with Gasteiger partial charge < -0.3 is 9.84 Å². The van der Waals surface area contributed by atoms with E-state index >= 15 is 0 Å². The highest BCUT2D eigenvalue weighted by Crippen LogP contribution is 2.27. The number of nitrogens with zero attached hydrogens (tertiary/aromatic N) is 2. The molecule has 2 aliphatic rings. The molecule has 3 atom stereocenters.